The molecule has 5 nitrogen and oxygen atoms in total. The molecule has 2 heterocycles. The summed E-state index contributed by atoms with van der Waals surface area (Å²) in [6.45, 7) is 0.696. The third-order valence-electron chi connectivity index (χ3n) is 4.27. The van der Waals surface area contributed by atoms with Gasteiger partial charge in [-0.3, -0.25) is 4.79 Å². The van der Waals surface area contributed by atoms with E-state index in [1.807, 2.05) is 23.1 Å². The van der Waals surface area contributed by atoms with E-state index in [1.54, 1.807) is 0 Å². The van der Waals surface area contributed by atoms with Crippen LogP contribution >= 0.6 is 0 Å². The van der Waals surface area contributed by atoms with Crippen LogP contribution in [0.5, 0.6) is 0 Å². The van der Waals surface area contributed by atoms with Gasteiger partial charge in [0.1, 0.15) is 0 Å². The number of amides is 1. The molecule has 0 bridgehead atoms. The van der Waals surface area contributed by atoms with E-state index < -0.39 is 5.97 Å². The van der Waals surface area contributed by atoms with Crippen molar-refractivity contribution in [1.82, 2.24) is 4.90 Å². The number of nitrogens with zero attached hydrogens (tertiary/aromatic N) is 1. The molecule has 2 aromatic rings. The molecule has 1 N–H and O–H groups in total. The van der Waals surface area contributed by atoms with Gasteiger partial charge in [-0.2, -0.15) is 0 Å². The Kier molecular flexibility index (Phi) is 4.46. The lowest BCUT2D eigenvalue weighted by atomic mass is 10.0. The van der Waals surface area contributed by atoms with Crippen molar-refractivity contribution in [3.05, 3.63) is 59.5 Å². The highest BCUT2D eigenvalue weighted by Crippen LogP contribution is 2.24. The van der Waals surface area contributed by atoms with Gasteiger partial charge in [0.15, 0.2) is 5.76 Å². The fraction of sp³-hybridized carbons (Fsp3) is 0.333. The lowest BCUT2D eigenvalue weighted by Crippen LogP contribution is -2.35. The third-order valence-corrected chi connectivity index (χ3v) is 4.27. The van der Waals surface area contributed by atoms with Crippen LogP contribution in [0.1, 0.15) is 45.9 Å². The van der Waals surface area contributed by atoms with Crippen LogP contribution in [0.25, 0.3) is 0 Å². The van der Waals surface area contributed by atoms with Crippen LogP contribution in [-0.2, 0) is 6.42 Å². The van der Waals surface area contributed by atoms with Gasteiger partial charge in [-0.1, -0.05) is 30.3 Å². The molecule has 1 aliphatic rings. The summed E-state index contributed by atoms with van der Waals surface area (Å²) in [6.07, 6.45) is 3.78. The molecular formula is C18H19NO4. The van der Waals surface area contributed by atoms with Crippen LogP contribution in [-0.4, -0.2) is 34.5 Å². The SMILES string of the molecule is O=C(O)c1ccc(C(=O)N2CCC[C@H]2CCc2ccccc2)o1. The van der Waals surface area contributed by atoms with Crippen molar-refractivity contribution >= 4 is 11.9 Å². The number of carboxylic acids is 1. The second-order valence-corrected chi connectivity index (χ2v) is 5.79. The topological polar surface area (TPSA) is 70.8 Å². The van der Waals surface area contributed by atoms with E-state index >= 15 is 0 Å². The van der Waals surface area contributed by atoms with Gasteiger partial charge in [0.05, 0.1) is 0 Å². The minimum atomic E-state index is -1.16. The summed E-state index contributed by atoms with van der Waals surface area (Å²) in [4.78, 5) is 25.2. The van der Waals surface area contributed by atoms with Crippen molar-refractivity contribution in [3.8, 4) is 0 Å². The molecule has 1 aromatic heterocycles. The van der Waals surface area contributed by atoms with Crippen LogP contribution < -0.4 is 0 Å². The summed E-state index contributed by atoms with van der Waals surface area (Å²) in [7, 11) is 0. The highest BCUT2D eigenvalue weighted by Gasteiger charge is 2.31. The van der Waals surface area contributed by atoms with Crippen LogP contribution in [0.4, 0.5) is 0 Å². The zero-order chi connectivity index (χ0) is 16.2. The molecule has 1 saturated heterocycles. The number of rotatable bonds is 5. The number of hydrogen-bond donors (Lipinski definition) is 1. The van der Waals surface area contributed by atoms with Gasteiger partial charge in [0.25, 0.3) is 5.91 Å². The Balaban J connectivity index is 1.65. The Morgan fingerprint density at radius 1 is 1.13 bits per heavy atom. The van der Waals surface area contributed by atoms with Gasteiger partial charge in [-0.15, -0.1) is 0 Å². The predicted molar refractivity (Wildman–Crippen MR) is 84.5 cm³/mol. The minimum Gasteiger partial charge on any atom is -0.475 e. The Labute approximate surface area is 134 Å². The number of carbonyl (C=O) groups is 2. The molecule has 1 aromatic carbocycles. The van der Waals surface area contributed by atoms with Crippen LogP contribution in [0, 0.1) is 0 Å². The summed E-state index contributed by atoms with van der Waals surface area (Å²) in [6, 6.07) is 13.2. The smallest absolute Gasteiger partial charge is 0.371 e. The normalized spacial score (nSPS) is 17.4. The van der Waals surface area contributed by atoms with E-state index in [0.29, 0.717) is 6.54 Å². The lowest BCUT2D eigenvalue weighted by Gasteiger charge is -2.23. The van der Waals surface area contributed by atoms with E-state index in [0.717, 1.165) is 25.7 Å². The van der Waals surface area contributed by atoms with Crippen molar-refractivity contribution in [1.29, 1.82) is 0 Å². The molecule has 23 heavy (non-hydrogen) atoms. The summed E-state index contributed by atoms with van der Waals surface area (Å²) in [5.41, 5.74) is 1.26. The van der Waals surface area contributed by atoms with E-state index in [4.69, 9.17) is 9.52 Å². The van der Waals surface area contributed by atoms with Gasteiger partial charge in [-0.05, 0) is 43.4 Å². The molecule has 1 aliphatic heterocycles. The monoisotopic (exact) mass is 313 g/mol. The quantitative estimate of drug-likeness (QED) is 0.920. The Hall–Kier alpha value is -2.56. The van der Waals surface area contributed by atoms with Crippen molar-refractivity contribution in [2.45, 2.75) is 31.7 Å². The Morgan fingerprint density at radius 3 is 2.57 bits per heavy atom. The predicted octanol–water partition coefficient (Wildman–Crippen LogP) is 3.22. The molecule has 0 spiro atoms. The second kappa shape index (κ2) is 6.69. The van der Waals surface area contributed by atoms with Gasteiger partial charge in [-0.25, -0.2) is 4.79 Å². The van der Waals surface area contributed by atoms with Gasteiger partial charge in [0.2, 0.25) is 5.76 Å². The van der Waals surface area contributed by atoms with E-state index in [9.17, 15) is 9.59 Å². The minimum absolute atomic E-state index is 0.106. The molecule has 5 heteroatoms. The molecular weight excluding hydrogens is 294 g/mol. The average Bonchev–Trinajstić information content (AvgIpc) is 3.22. The molecule has 0 saturated carbocycles. The van der Waals surface area contributed by atoms with Crippen molar-refractivity contribution in [2.75, 3.05) is 6.54 Å². The second-order valence-electron chi connectivity index (χ2n) is 5.79. The number of carboxylic acid groups (broad SMARTS) is 1. The van der Waals surface area contributed by atoms with Gasteiger partial charge < -0.3 is 14.4 Å². The molecule has 0 radical (unpaired) electrons. The maximum absolute atomic E-state index is 12.5. The molecule has 0 aliphatic carbocycles. The summed E-state index contributed by atoms with van der Waals surface area (Å²) in [5, 5.41) is 8.89. The maximum Gasteiger partial charge on any atom is 0.371 e. The number of aromatic carboxylic acids is 1. The van der Waals surface area contributed by atoms with Crippen LogP contribution in [0.15, 0.2) is 46.9 Å². The highest BCUT2D eigenvalue weighted by molar-refractivity contribution is 5.93. The number of aryl methyl sites for hydroxylation is 1. The molecule has 0 unspecified atom stereocenters. The standard InChI is InChI=1S/C18H19NO4/c20-17(15-10-11-16(23-15)18(21)22)19-12-4-7-14(19)9-8-13-5-2-1-3-6-13/h1-3,5-6,10-11,14H,4,7-9,12H2,(H,21,22)/t14-/m0/s1. The molecule has 1 atom stereocenters. The van der Waals surface area contributed by atoms with Crippen molar-refractivity contribution in [3.63, 3.8) is 0 Å². The first-order valence-corrected chi connectivity index (χ1v) is 7.83. The zero-order valence-corrected chi connectivity index (χ0v) is 12.8. The van der Waals surface area contributed by atoms with E-state index in [1.165, 1.54) is 17.7 Å². The zero-order valence-electron chi connectivity index (χ0n) is 12.8. The summed E-state index contributed by atoms with van der Waals surface area (Å²) in [5.74, 6) is -1.47. The van der Waals surface area contributed by atoms with E-state index in [-0.39, 0.29) is 23.5 Å². The average molecular weight is 313 g/mol. The molecule has 3 rings (SSSR count). The lowest BCUT2D eigenvalue weighted by molar-refractivity contribution is 0.0644. The first-order valence-electron chi connectivity index (χ1n) is 7.83. The number of furan rings is 1. The van der Waals surface area contributed by atoms with E-state index in [2.05, 4.69) is 12.1 Å². The number of benzene rings is 1. The van der Waals surface area contributed by atoms with Gasteiger partial charge in [0, 0.05) is 12.6 Å². The van der Waals surface area contributed by atoms with Crippen molar-refractivity contribution < 1.29 is 19.1 Å². The Bertz CT molecular complexity index is 692. The number of carbonyl (C=O) groups excluding carboxylic acids is 1. The largest absolute Gasteiger partial charge is 0.475 e. The van der Waals surface area contributed by atoms with Crippen LogP contribution in [0.2, 0.25) is 0 Å². The van der Waals surface area contributed by atoms with Crippen LogP contribution in [0.3, 0.4) is 0 Å². The highest BCUT2D eigenvalue weighted by atomic mass is 16.4. The fourth-order valence-corrected chi connectivity index (χ4v) is 3.09. The molecule has 120 valence electrons. The number of likely N-dealkylation sites (tertiary alicyclic amines) is 1. The maximum atomic E-state index is 12.5. The fourth-order valence-electron chi connectivity index (χ4n) is 3.09. The van der Waals surface area contributed by atoms with Gasteiger partial charge >= 0.3 is 5.97 Å². The molecule has 1 fully saturated rings. The molecule has 1 amide bonds. The third kappa shape index (κ3) is 3.44. The summed E-state index contributed by atoms with van der Waals surface area (Å²) >= 11 is 0. The Morgan fingerprint density at radius 2 is 1.87 bits per heavy atom. The summed E-state index contributed by atoms with van der Waals surface area (Å²) < 4.78 is 5.14. The van der Waals surface area contributed by atoms with Crippen molar-refractivity contribution in [2.24, 2.45) is 0 Å². The first-order chi connectivity index (χ1) is 11.1. The number of hydrogen-bond acceptors (Lipinski definition) is 3. The first kappa shape index (κ1) is 15.3.